The first kappa shape index (κ1) is 20.7. The number of hydrogen-bond donors (Lipinski definition) is 0. The van der Waals surface area contributed by atoms with Gasteiger partial charge in [0.25, 0.3) is 0 Å². The first-order chi connectivity index (χ1) is 12.3. The van der Waals surface area contributed by atoms with Gasteiger partial charge in [-0.2, -0.15) is 0 Å². The Balaban J connectivity index is 1.67. The average Bonchev–Trinajstić information content (AvgIpc) is 2.59. The van der Waals surface area contributed by atoms with E-state index in [-0.39, 0.29) is 5.91 Å². The third-order valence-electron chi connectivity index (χ3n) is 5.25. The maximum Gasteiger partial charge on any atom is 0.222 e. The summed E-state index contributed by atoms with van der Waals surface area (Å²) >= 11 is 0. The van der Waals surface area contributed by atoms with E-state index in [2.05, 4.69) is 43.7 Å². The molecule has 0 aliphatic carbocycles. The van der Waals surface area contributed by atoms with Gasteiger partial charge in [-0.3, -0.25) is 9.69 Å². The van der Waals surface area contributed by atoms with E-state index in [0.717, 1.165) is 38.3 Å². The number of ether oxygens (including phenoxy) is 1. The topological polar surface area (TPSA) is 36.0 Å². The Bertz CT molecular complexity index is 562. The molecule has 146 valence electrons. The number of aryl methyl sites for hydroxylation is 2. The molecule has 0 bridgehead atoms. The molecule has 1 amide bonds. The van der Waals surface area contributed by atoms with Gasteiger partial charge in [0.15, 0.2) is 0 Å². The lowest BCUT2D eigenvalue weighted by molar-refractivity contribution is -0.130. The highest BCUT2D eigenvalue weighted by atomic mass is 16.5. The van der Waals surface area contributed by atoms with E-state index in [1.165, 1.54) is 11.1 Å². The summed E-state index contributed by atoms with van der Waals surface area (Å²) in [5.41, 5.74) is 2.39. The molecule has 1 aromatic rings. The highest BCUT2D eigenvalue weighted by Crippen LogP contribution is 2.16. The number of amides is 1. The lowest BCUT2D eigenvalue weighted by Gasteiger charge is -2.36. The van der Waals surface area contributed by atoms with Crippen molar-refractivity contribution in [2.24, 2.45) is 0 Å². The molecule has 1 heterocycles. The van der Waals surface area contributed by atoms with Crippen molar-refractivity contribution >= 4 is 5.91 Å². The molecular weight excluding hydrogens is 326 g/mol. The molecule has 26 heavy (non-hydrogen) atoms. The van der Waals surface area contributed by atoms with Gasteiger partial charge in [0, 0.05) is 45.7 Å². The second kappa shape index (κ2) is 9.93. The summed E-state index contributed by atoms with van der Waals surface area (Å²) in [6.07, 6.45) is 1.53. The minimum Gasteiger partial charge on any atom is -0.492 e. The molecule has 2 rings (SSSR count). The molecule has 0 spiro atoms. The van der Waals surface area contributed by atoms with Gasteiger partial charge in [-0.25, -0.2) is 0 Å². The minimum atomic E-state index is 0.204. The van der Waals surface area contributed by atoms with Gasteiger partial charge in [0.2, 0.25) is 5.91 Å². The van der Waals surface area contributed by atoms with Crippen LogP contribution in [0.2, 0.25) is 0 Å². The zero-order chi connectivity index (χ0) is 19.1. The second-order valence-electron chi connectivity index (χ2n) is 7.71. The molecule has 0 aromatic heterocycles. The largest absolute Gasteiger partial charge is 0.492 e. The summed E-state index contributed by atoms with van der Waals surface area (Å²) < 4.78 is 5.81. The monoisotopic (exact) mass is 361 g/mol. The van der Waals surface area contributed by atoms with Crippen molar-refractivity contribution in [1.29, 1.82) is 0 Å². The zero-order valence-electron chi connectivity index (χ0n) is 17.1. The maximum atomic E-state index is 12.4. The van der Waals surface area contributed by atoms with Gasteiger partial charge >= 0.3 is 0 Å². The highest BCUT2D eigenvalue weighted by molar-refractivity contribution is 5.75. The molecule has 1 aromatic carbocycles. The van der Waals surface area contributed by atoms with Crippen LogP contribution in [0.4, 0.5) is 0 Å². The molecule has 1 saturated heterocycles. The molecule has 5 heteroatoms. The molecule has 1 fully saturated rings. The first-order valence-electron chi connectivity index (χ1n) is 9.73. The number of likely N-dealkylation sites (N-methyl/N-ethyl adjacent to an activating group) is 2. The summed E-state index contributed by atoms with van der Waals surface area (Å²) in [4.78, 5) is 19.0. The maximum absolute atomic E-state index is 12.4. The van der Waals surface area contributed by atoms with Gasteiger partial charge in [0.1, 0.15) is 12.4 Å². The van der Waals surface area contributed by atoms with Gasteiger partial charge in [-0.05, 0) is 57.5 Å². The SMILES string of the molecule is Cc1cc(C)cc(OCCN(C)C(=O)CC[C@@H](C)N2CCN(C)CC2)c1. The molecule has 1 aliphatic heterocycles. The fraction of sp³-hybridized carbons (Fsp3) is 0.667. The van der Waals surface area contributed by atoms with E-state index in [0.29, 0.717) is 25.6 Å². The van der Waals surface area contributed by atoms with Crippen molar-refractivity contribution in [3.8, 4) is 5.75 Å². The van der Waals surface area contributed by atoms with Gasteiger partial charge in [0.05, 0.1) is 6.54 Å². The molecule has 0 saturated carbocycles. The van der Waals surface area contributed by atoms with Crippen molar-refractivity contribution in [3.63, 3.8) is 0 Å². The third kappa shape index (κ3) is 6.61. The number of benzene rings is 1. The molecule has 0 N–H and O–H groups in total. The third-order valence-corrected chi connectivity index (χ3v) is 5.25. The van der Waals surface area contributed by atoms with Crippen LogP contribution in [0.25, 0.3) is 0 Å². The van der Waals surface area contributed by atoms with Gasteiger partial charge in [-0.1, -0.05) is 6.07 Å². The minimum absolute atomic E-state index is 0.204. The van der Waals surface area contributed by atoms with Crippen LogP contribution in [0.5, 0.6) is 5.75 Å². The summed E-state index contributed by atoms with van der Waals surface area (Å²) in [5.74, 6) is 1.09. The molecule has 0 unspecified atom stereocenters. The molecule has 5 nitrogen and oxygen atoms in total. The van der Waals surface area contributed by atoms with E-state index in [9.17, 15) is 4.79 Å². The smallest absolute Gasteiger partial charge is 0.222 e. The second-order valence-corrected chi connectivity index (χ2v) is 7.71. The Hall–Kier alpha value is -1.59. The quantitative estimate of drug-likeness (QED) is 0.713. The Kier molecular flexibility index (Phi) is 7.91. The fourth-order valence-corrected chi connectivity index (χ4v) is 3.41. The van der Waals surface area contributed by atoms with E-state index in [1.54, 1.807) is 4.90 Å². The van der Waals surface area contributed by atoms with Crippen LogP contribution < -0.4 is 4.74 Å². The van der Waals surface area contributed by atoms with Crippen LogP contribution in [-0.4, -0.2) is 80.1 Å². The van der Waals surface area contributed by atoms with Crippen molar-refractivity contribution < 1.29 is 9.53 Å². The Labute approximate surface area is 158 Å². The number of nitrogens with zero attached hydrogens (tertiary/aromatic N) is 3. The molecular formula is C21H35N3O2. The Morgan fingerprint density at radius 3 is 2.38 bits per heavy atom. The first-order valence-corrected chi connectivity index (χ1v) is 9.73. The van der Waals surface area contributed by atoms with Crippen LogP contribution in [0, 0.1) is 13.8 Å². The predicted octanol–water partition coefficient (Wildman–Crippen LogP) is 2.56. The standard InChI is InChI=1S/C21H35N3O2/c1-17-14-18(2)16-20(15-17)26-13-12-23(5)21(25)7-6-19(3)24-10-8-22(4)9-11-24/h14-16,19H,6-13H2,1-5H3/t19-/m1/s1. The van der Waals surface area contributed by atoms with Crippen molar-refractivity contribution in [2.75, 3.05) is 53.4 Å². The van der Waals surface area contributed by atoms with Crippen molar-refractivity contribution in [1.82, 2.24) is 14.7 Å². The van der Waals surface area contributed by atoms with Gasteiger partial charge < -0.3 is 14.5 Å². The number of rotatable bonds is 8. The van der Waals surface area contributed by atoms with E-state index < -0.39 is 0 Å². The molecule has 1 atom stereocenters. The fourth-order valence-electron chi connectivity index (χ4n) is 3.41. The summed E-state index contributed by atoms with van der Waals surface area (Å²) in [6, 6.07) is 6.66. The lowest BCUT2D eigenvalue weighted by atomic mass is 10.1. The van der Waals surface area contributed by atoms with Crippen LogP contribution in [-0.2, 0) is 4.79 Å². The van der Waals surface area contributed by atoms with Crippen molar-refractivity contribution in [2.45, 2.75) is 39.7 Å². The Morgan fingerprint density at radius 2 is 1.77 bits per heavy atom. The predicted molar refractivity (Wildman–Crippen MR) is 107 cm³/mol. The van der Waals surface area contributed by atoms with E-state index in [4.69, 9.17) is 4.74 Å². The van der Waals surface area contributed by atoms with Crippen LogP contribution in [0.15, 0.2) is 18.2 Å². The van der Waals surface area contributed by atoms with E-state index in [1.807, 2.05) is 19.2 Å². The molecule has 0 radical (unpaired) electrons. The number of carbonyl (C=O) groups excluding carboxylic acids is 1. The average molecular weight is 362 g/mol. The van der Waals surface area contributed by atoms with Crippen LogP contribution in [0.1, 0.15) is 30.9 Å². The summed E-state index contributed by atoms with van der Waals surface area (Å²) in [7, 11) is 4.04. The van der Waals surface area contributed by atoms with Crippen LogP contribution >= 0.6 is 0 Å². The molecule has 1 aliphatic rings. The van der Waals surface area contributed by atoms with Crippen LogP contribution in [0.3, 0.4) is 0 Å². The number of carbonyl (C=O) groups is 1. The van der Waals surface area contributed by atoms with Crippen molar-refractivity contribution in [3.05, 3.63) is 29.3 Å². The van der Waals surface area contributed by atoms with Gasteiger partial charge in [-0.15, -0.1) is 0 Å². The summed E-state index contributed by atoms with van der Waals surface area (Å²) in [6.45, 7) is 12.0. The number of hydrogen-bond acceptors (Lipinski definition) is 4. The lowest BCUT2D eigenvalue weighted by Crippen LogP contribution is -2.48. The summed E-state index contributed by atoms with van der Waals surface area (Å²) in [5, 5.41) is 0. The normalized spacial score (nSPS) is 17.1. The van der Waals surface area contributed by atoms with E-state index >= 15 is 0 Å². The highest BCUT2D eigenvalue weighted by Gasteiger charge is 2.20. The Morgan fingerprint density at radius 1 is 1.15 bits per heavy atom. The number of piperazine rings is 1. The zero-order valence-corrected chi connectivity index (χ0v) is 17.1.